The van der Waals surface area contributed by atoms with Crippen LogP contribution in [0.2, 0.25) is 0 Å². The number of thiophene rings is 2. The number of aromatic nitrogens is 1. The van der Waals surface area contributed by atoms with Gasteiger partial charge in [-0.1, -0.05) is 0 Å². The van der Waals surface area contributed by atoms with E-state index in [1.54, 1.807) is 11.3 Å². The Kier molecular flexibility index (Phi) is 3.35. The van der Waals surface area contributed by atoms with E-state index in [0.29, 0.717) is 5.91 Å². The first kappa shape index (κ1) is 14.4. The van der Waals surface area contributed by atoms with Crippen molar-refractivity contribution in [3.05, 3.63) is 45.6 Å². The molecule has 0 radical (unpaired) electrons. The summed E-state index contributed by atoms with van der Waals surface area (Å²) in [5.41, 5.74) is 1.33. The zero-order valence-corrected chi connectivity index (χ0v) is 14.8. The lowest BCUT2D eigenvalue weighted by Gasteiger charge is -2.42. The highest BCUT2D eigenvalue weighted by Gasteiger charge is 2.37. The third kappa shape index (κ3) is 2.24. The minimum Gasteiger partial charge on any atom is -0.354 e. The van der Waals surface area contributed by atoms with Gasteiger partial charge in [-0.2, -0.15) is 0 Å². The van der Waals surface area contributed by atoms with E-state index in [1.807, 2.05) is 22.4 Å². The lowest BCUT2D eigenvalue weighted by Crippen LogP contribution is -2.55. The Labute approximate surface area is 148 Å². The Balaban J connectivity index is 1.28. The van der Waals surface area contributed by atoms with Gasteiger partial charge in [0.2, 0.25) is 5.91 Å². The second-order valence-electron chi connectivity index (χ2n) is 6.45. The van der Waals surface area contributed by atoms with E-state index in [9.17, 15) is 4.79 Å². The van der Waals surface area contributed by atoms with Crippen LogP contribution in [0.25, 0.3) is 10.1 Å². The zero-order valence-electron chi connectivity index (χ0n) is 13.1. The van der Waals surface area contributed by atoms with Crippen LogP contribution in [0.4, 0.5) is 5.82 Å². The summed E-state index contributed by atoms with van der Waals surface area (Å²) >= 11 is 3.55. The summed E-state index contributed by atoms with van der Waals surface area (Å²) < 4.78 is 1.26. The average molecular weight is 355 g/mol. The van der Waals surface area contributed by atoms with Gasteiger partial charge < -0.3 is 9.80 Å². The quantitative estimate of drug-likeness (QED) is 0.707. The average Bonchev–Trinajstić information content (AvgIpc) is 3.21. The van der Waals surface area contributed by atoms with Crippen LogP contribution in [0.1, 0.15) is 10.4 Å². The number of carbonyl (C=O) groups excluding carboxylic acids is 1. The Morgan fingerprint density at radius 3 is 2.96 bits per heavy atom. The SMILES string of the molecule is O=C(C1CN(c2nccc3sccc23)C1)N1CCc2sccc2C1. The van der Waals surface area contributed by atoms with E-state index in [2.05, 4.69) is 38.8 Å². The first-order chi connectivity index (χ1) is 11.8. The molecule has 122 valence electrons. The van der Waals surface area contributed by atoms with Crippen molar-refractivity contribution in [3.8, 4) is 0 Å². The monoisotopic (exact) mass is 355 g/mol. The van der Waals surface area contributed by atoms with Gasteiger partial charge >= 0.3 is 0 Å². The summed E-state index contributed by atoms with van der Waals surface area (Å²) in [7, 11) is 0. The van der Waals surface area contributed by atoms with Crippen LogP contribution in [-0.4, -0.2) is 35.4 Å². The minimum atomic E-state index is 0.112. The molecule has 0 N–H and O–H groups in total. The summed E-state index contributed by atoms with van der Waals surface area (Å²) in [5.74, 6) is 1.44. The molecular formula is C18H17N3OS2. The minimum absolute atomic E-state index is 0.112. The van der Waals surface area contributed by atoms with Crippen molar-refractivity contribution in [2.24, 2.45) is 5.92 Å². The molecule has 24 heavy (non-hydrogen) atoms. The first-order valence-corrected chi connectivity index (χ1v) is 9.97. The van der Waals surface area contributed by atoms with Crippen molar-refractivity contribution >= 4 is 44.5 Å². The molecule has 1 amide bonds. The highest BCUT2D eigenvalue weighted by Crippen LogP contribution is 2.33. The van der Waals surface area contributed by atoms with E-state index in [1.165, 1.54) is 20.5 Å². The lowest BCUT2D eigenvalue weighted by atomic mass is 9.96. The van der Waals surface area contributed by atoms with Crippen LogP contribution in [-0.2, 0) is 17.8 Å². The predicted molar refractivity (Wildman–Crippen MR) is 98.8 cm³/mol. The molecule has 1 saturated heterocycles. The van der Waals surface area contributed by atoms with E-state index in [4.69, 9.17) is 0 Å². The van der Waals surface area contributed by atoms with Crippen molar-refractivity contribution in [2.75, 3.05) is 24.5 Å². The van der Waals surface area contributed by atoms with Crippen LogP contribution in [0.5, 0.6) is 0 Å². The molecule has 0 atom stereocenters. The Hall–Kier alpha value is -1.92. The molecule has 0 aromatic carbocycles. The Bertz CT molecular complexity index is 910. The molecule has 2 aliphatic rings. The molecule has 2 aliphatic heterocycles. The van der Waals surface area contributed by atoms with Crippen LogP contribution < -0.4 is 4.90 Å². The van der Waals surface area contributed by atoms with E-state index >= 15 is 0 Å². The van der Waals surface area contributed by atoms with Gasteiger partial charge in [-0.15, -0.1) is 22.7 Å². The van der Waals surface area contributed by atoms with E-state index in [0.717, 1.165) is 38.4 Å². The number of hydrogen-bond acceptors (Lipinski definition) is 5. The second-order valence-corrected chi connectivity index (χ2v) is 8.40. The van der Waals surface area contributed by atoms with Crippen LogP contribution in [0, 0.1) is 5.92 Å². The summed E-state index contributed by atoms with van der Waals surface area (Å²) in [5, 5.41) is 5.44. The number of rotatable bonds is 2. The summed E-state index contributed by atoms with van der Waals surface area (Å²) in [6.45, 7) is 3.22. The molecule has 6 heteroatoms. The molecule has 0 spiro atoms. The molecule has 0 unspecified atom stereocenters. The number of pyridine rings is 1. The second kappa shape index (κ2) is 5.57. The van der Waals surface area contributed by atoms with Crippen molar-refractivity contribution in [1.29, 1.82) is 0 Å². The molecule has 5 heterocycles. The highest BCUT2D eigenvalue weighted by molar-refractivity contribution is 7.17. The van der Waals surface area contributed by atoms with Gasteiger partial charge in [0.1, 0.15) is 5.82 Å². The fourth-order valence-electron chi connectivity index (χ4n) is 3.63. The van der Waals surface area contributed by atoms with Crippen LogP contribution in [0.15, 0.2) is 35.2 Å². The number of hydrogen-bond donors (Lipinski definition) is 0. The largest absolute Gasteiger partial charge is 0.354 e. The van der Waals surface area contributed by atoms with Gasteiger partial charge in [0.15, 0.2) is 0 Å². The molecule has 0 saturated carbocycles. The van der Waals surface area contributed by atoms with Crippen molar-refractivity contribution in [3.63, 3.8) is 0 Å². The summed E-state index contributed by atoms with van der Waals surface area (Å²) in [4.78, 5) is 23.0. The van der Waals surface area contributed by atoms with Gasteiger partial charge in [-0.05, 0) is 40.9 Å². The molecule has 3 aromatic rings. The molecule has 5 rings (SSSR count). The van der Waals surface area contributed by atoms with Gasteiger partial charge in [0.25, 0.3) is 0 Å². The molecule has 0 aliphatic carbocycles. The molecule has 0 bridgehead atoms. The van der Waals surface area contributed by atoms with Gasteiger partial charge in [-0.3, -0.25) is 4.79 Å². The lowest BCUT2D eigenvalue weighted by molar-refractivity contribution is -0.137. The van der Waals surface area contributed by atoms with Gasteiger partial charge in [0.05, 0.1) is 5.92 Å². The topological polar surface area (TPSA) is 36.4 Å². The fourth-order valence-corrected chi connectivity index (χ4v) is 5.30. The van der Waals surface area contributed by atoms with Crippen molar-refractivity contribution in [2.45, 2.75) is 13.0 Å². The fraction of sp³-hybridized carbons (Fsp3) is 0.333. The van der Waals surface area contributed by atoms with Crippen molar-refractivity contribution in [1.82, 2.24) is 9.88 Å². The number of amides is 1. The number of nitrogens with zero attached hydrogens (tertiary/aromatic N) is 3. The smallest absolute Gasteiger partial charge is 0.229 e. The maximum atomic E-state index is 12.8. The maximum absolute atomic E-state index is 12.8. The van der Waals surface area contributed by atoms with Crippen molar-refractivity contribution < 1.29 is 4.79 Å². The maximum Gasteiger partial charge on any atom is 0.229 e. The van der Waals surface area contributed by atoms with E-state index in [-0.39, 0.29) is 5.92 Å². The molecule has 4 nitrogen and oxygen atoms in total. The number of fused-ring (bicyclic) bond motifs is 2. The van der Waals surface area contributed by atoms with Gasteiger partial charge in [-0.25, -0.2) is 4.98 Å². The molecule has 1 fully saturated rings. The first-order valence-electron chi connectivity index (χ1n) is 8.21. The third-order valence-electron chi connectivity index (χ3n) is 5.01. The number of anilines is 1. The highest BCUT2D eigenvalue weighted by atomic mass is 32.1. The number of carbonyl (C=O) groups is 1. The third-order valence-corrected chi connectivity index (χ3v) is 6.91. The summed E-state index contributed by atoms with van der Waals surface area (Å²) in [6.07, 6.45) is 2.87. The zero-order chi connectivity index (χ0) is 16.1. The standard InChI is InChI=1S/C18H17N3OS2/c22-18(20-6-2-15-12(9-20)3-7-23-15)13-10-21(11-13)17-14-4-8-24-16(14)1-5-19-17/h1,3-5,7-8,13H,2,6,9-11H2. The predicted octanol–water partition coefficient (Wildman–Crippen LogP) is 3.38. The summed E-state index contributed by atoms with van der Waals surface area (Å²) in [6, 6.07) is 6.34. The Morgan fingerprint density at radius 1 is 1.17 bits per heavy atom. The van der Waals surface area contributed by atoms with Gasteiger partial charge in [0, 0.05) is 47.3 Å². The normalized spacial score (nSPS) is 17.8. The molecule has 3 aromatic heterocycles. The Morgan fingerprint density at radius 2 is 2.04 bits per heavy atom. The van der Waals surface area contributed by atoms with Crippen LogP contribution >= 0.6 is 22.7 Å². The van der Waals surface area contributed by atoms with E-state index < -0.39 is 0 Å². The van der Waals surface area contributed by atoms with Crippen LogP contribution in [0.3, 0.4) is 0 Å². The molecular weight excluding hydrogens is 338 g/mol.